The van der Waals surface area contributed by atoms with Gasteiger partial charge in [0.2, 0.25) is 0 Å². The molecular formula is C13H21FN2. The highest BCUT2D eigenvalue weighted by Gasteiger charge is 2.23. The van der Waals surface area contributed by atoms with Crippen molar-refractivity contribution < 1.29 is 4.39 Å². The number of benzene rings is 1. The molecule has 0 saturated carbocycles. The first-order chi connectivity index (χ1) is 7.47. The van der Waals surface area contributed by atoms with E-state index in [1.165, 1.54) is 6.07 Å². The van der Waals surface area contributed by atoms with Crippen LogP contribution in [0.4, 0.5) is 4.39 Å². The molecule has 1 N–H and O–H groups in total. The van der Waals surface area contributed by atoms with Crippen LogP contribution in [-0.2, 0) is 6.54 Å². The Labute approximate surface area is 97.5 Å². The van der Waals surface area contributed by atoms with Crippen molar-refractivity contribution in [2.24, 2.45) is 0 Å². The average Bonchev–Trinajstić information content (AvgIpc) is 2.21. The molecule has 0 atom stereocenters. The Morgan fingerprint density at radius 1 is 1.31 bits per heavy atom. The van der Waals surface area contributed by atoms with E-state index in [1.54, 1.807) is 6.07 Å². The van der Waals surface area contributed by atoms with Crippen molar-refractivity contribution in [1.82, 2.24) is 10.2 Å². The van der Waals surface area contributed by atoms with Gasteiger partial charge in [-0.1, -0.05) is 18.2 Å². The van der Waals surface area contributed by atoms with Crippen LogP contribution in [0.1, 0.15) is 19.4 Å². The number of nitrogens with zero attached hydrogens (tertiary/aromatic N) is 1. The molecule has 90 valence electrons. The second kappa shape index (κ2) is 5.41. The van der Waals surface area contributed by atoms with E-state index in [9.17, 15) is 4.39 Å². The van der Waals surface area contributed by atoms with Gasteiger partial charge in [0, 0.05) is 24.2 Å². The van der Waals surface area contributed by atoms with E-state index in [0.717, 1.165) is 12.1 Å². The third-order valence-corrected chi connectivity index (χ3v) is 3.01. The zero-order valence-electron chi connectivity index (χ0n) is 10.5. The van der Waals surface area contributed by atoms with Crippen LogP contribution in [0.25, 0.3) is 0 Å². The fraction of sp³-hybridized carbons (Fsp3) is 0.538. The average molecular weight is 224 g/mol. The minimum absolute atomic E-state index is 0.0109. The van der Waals surface area contributed by atoms with Crippen molar-refractivity contribution in [3.8, 4) is 0 Å². The minimum Gasteiger partial charge on any atom is -0.318 e. The van der Waals surface area contributed by atoms with E-state index < -0.39 is 0 Å². The topological polar surface area (TPSA) is 15.3 Å². The van der Waals surface area contributed by atoms with Crippen LogP contribution in [0.2, 0.25) is 0 Å². The van der Waals surface area contributed by atoms with Crippen LogP contribution in [0.15, 0.2) is 24.3 Å². The van der Waals surface area contributed by atoms with Gasteiger partial charge >= 0.3 is 0 Å². The predicted octanol–water partition coefficient (Wildman–Crippen LogP) is 2.26. The van der Waals surface area contributed by atoms with Crippen molar-refractivity contribution in [3.05, 3.63) is 35.6 Å². The summed E-state index contributed by atoms with van der Waals surface area (Å²) in [5.41, 5.74) is 0.756. The lowest BCUT2D eigenvalue weighted by Gasteiger charge is -2.35. The summed E-state index contributed by atoms with van der Waals surface area (Å²) >= 11 is 0. The van der Waals surface area contributed by atoms with Crippen LogP contribution in [-0.4, -0.2) is 31.1 Å². The highest BCUT2D eigenvalue weighted by Crippen LogP contribution is 2.16. The third kappa shape index (κ3) is 3.29. The van der Waals surface area contributed by atoms with Crippen molar-refractivity contribution in [3.63, 3.8) is 0 Å². The van der Waals surface area contributed by atoms with Crippen LogP contribution >= 0.6 is 0 Å². The van der Waals surface area contributed by atoms with Gasteiger partial charge in [0.1, 0.15) is 5.82 Å². The second-order valence-electron chi connectivity index (χ2n) is 4.79. The Morgan fingerprint density at radius 3 is 2.50 bits per heavy atom. The quantitative estimate of drug-likeness (QED) is 0.825. The zero-order chi connectivity index (χ0) is 12.2. The van der Waals surface area contributed by atoms with Crippen molar-refractivity contribution >= 4 is 0 Å². The first-order valence-corrected chi connectivity index (χ1v) is 5.56. The molecule has 0 amide bonds. The maximum atomic E-state index is 13.5. The summed E-state index contributed by atoms with van der Waals surface area (Å²) < 4.78 is 13.5. The molecule has 0 bridgehead atoms. The molecule has 1 rings (SSSR count). The molecule has 0 aliphatic heterocycles. The van der Waals surface area contributed by atoms with Gasteiger partial charge in [-0.3, -0.25) is 4.90 Å². The van der Waals surface area contributed by atoms with E-state index in [1.807, 2.05) is 26.2 Å². The molecule has 0 aromatic heterocycles. The van der Waals surface area contributed by atoms with Gasteiger partial charge in [0.15, 0.2) is 0 Å². The molecule has 0 radical (unpaired) electrons. The number of rotatable bonds is 5. The van der Waals surface area contributed by atoms with Gasteiger partial charge in [-0.2, -0.15) is 0 Å². The Bertz CT molecular complexity index is 336. The molecule has 0 fully saturated rings. The molecule has 0 spiro atoms. The van der Waals surface area contributed by atoms with E-state index >= 15 is 0 Å². The molecule has 2 nitrogen and oxygen atoms in total. The normalized spacial score (nSPS) is 12.1. The summed E-state index contributed by atoms with van der Waals surface area (Å²) in [5.74, 6) is -0.130. The lowest BCUT2D eigenvalue weighted by Crippen LogP contribution is -2.47. The van der Waals surface area contributed by atoms with E-state index in [0.29, 0.717) is 6.54 Å². The highest BCUT2D eigenvalue weighted by molar-refractivity contribution is 5.17. The summed E-state index contributed by atoms with van der Waals surface area (Å²) in [4.78, 5) is 2.15. The predicted molar refractivity (Wildman–Crippen MR) is 65.9 cm³/mol. The first kappa shape index (κ1) is 13.1. The lowest BCUT2D eigenvalue weighted by atomic mass is 10.0. The fourth-order valence-electron chi connectivity index (χ4n) is 1.66. The van der Waals surface area contributed by atoms with Gasteiger partial charge in [-0.25, -0.2) is 4.39 Å². The molecular weight excluding hydrogens is 203 g/mol. The van der Waals surface area contributed by atoms with Crippen LogP contribution in [0.3, 0.4) is 0 Å². The van der Waals surface area contributed by atoms with Crippen LogP contribution in [0, 0.1) is 5.82 Å². The summed E-state index contributed by atoms with van der Waals surface area (Å²) in [7, 11) is 3.95. The lowest BCUT2D eigenvalue weighted by molar-refractivity contribution is 0.146. The van der Waals surface area contributed by atoms with Gasteiger partial charge in [0.25, 0.3) is 0 Å². The monoisotopic (exact) mass is 224 g/mol. The summed E-state index contributed by atoms with van der Waals surface area (Å²) in [5, 5.41) is 3.15. The maximum Gasteiger partial charge on any atom is 0.127 e. The second-order valence-corrected chi connectivity index (χ2v) is 4.79. The maximum absolute atomic E-state index is 13.5. The zero-order valence-corrected chi connectivity index (χ0v) is 10.5. The minimum atomic E-state index is -0.130. The van der Waals surface area contributed by atoms with E-state index in [2.05, 4.69) is 24.1 Å². The molecule has 0 heterocycles. The molecule has 0 saturated heterocycles. The number of likely N-dealkylation sites (N-methyl/N-ethyl adjacent to an activating group) is 2. The molecule has 0 unspecified atom stereocenters. The Kier molecular flexibility index (Phi) is 4.44. The number of hydrogen-bond acceptors (Lipinski definition) is 2. The van der Waals surface area contributed by atoms with E-state index in [4.69, 9.17) is 0 Å². The molecule has 1 aromatic rings. The summed E-state index contributed by atoms with van der Waals surface area (Å²) in [6.07, 6.45) is 0. The number of hydrogen-bond donors (Lipinski definition) is 1. The van der Waals surface area contributed by atoms with E-state index in [-0.39, 0.29) is 11.4 Å². The molecule has 0 aliphatic carbocycles. The van der Waals surface area contributed by atoms with Gasteiger partial charge in [-0.15, -0.1) is 0 Å². The molecule has 3 heteroatoms. The third-order valence-electron chi connectivity index (χ3n) is 3.01. The van der Waals surface area contributed by atoms with Gasteiger partial charge in [-0.05, 0) is 34.0 Å². The smallest absolute Gasteiger partial charge is 0.127 e. The SMILES string of the molecule is CNCC(C)(C)N(C)Cc1ccccc1F. The Morgan fingerprint density at radius 2 is 1.94 bits per heavy atom. The Balaban J connectivity index is 2.71. The number of nitrogens with one attached hydrogen (secondary N) is 1. The summed E-state index contributed by atoms with van der Waals surface area (Å²) in [6, 6.07) is 6.93. The fourth-order valence-corrected chi connectivity index (χ4v) is 1.66. The molecule has 16 heavy (non-hydrogen) atoms. The highest BCUT2D eigenvalue weighted by atomic mass is 19.1. The summed E-state index contributed by atoms with van der Waals surface area (Å²) in [6.45, 7) is 5.79. The largest absolute Gasteiger partial charge is 0.318 e. The molecule has 1 aromatic carbocycles. The van der Waals surface area contributed by atoms with Crippen LogP contribution < -0.4 is 5.32 Å². The number of halogens is 1. The Hall–Kier alpha value is -0.930. The van der Waals surface area contributed by atoms with Crippen molar-refractivity contribution in [2.45, 2.75) is 25.9 Å². The van der Waals surface area contributed by atoms with Gasteiger partial charge < -0.3 is 5.32 Å². The van der Waals surface area contributed by atoms with Crippen molar-refractivity contribution in [1.29, 1.82) is 0 Å². The van der Waals surface area contributed by atoms with Gasteiger partial charge in [0.05, 0.1) is 0 Å². The standard InChI is InChI=1S/C13H21FN2/c1-13(2,10-15-3)16(4)9-11-7-5-6-8-12(11)14/h5-8,15H,9-10H2,1-4H3. The first-order valence-electron chi connectivity index (χ1n) is 5.56. The van der Waals surface area contributed by atoms with Crippen molar-refractivity contribution in [2.75, 3.05) is 20.6 Å². The molecule has 0 aliphatic rings. The van der Waals surface area contributed by atoms with Crippen LogP contribution in [0.5, 0.6) is 0 Å².